The van der Waals surface area contributed by atoms with E-state index in [1.54, 1.807) is 53.7 Å². The molecule has 0 aliphatic heterocycles. The fourth-order valence-electron chi connectivity index (χ4n) is 2.31. The number of rotatable bonds is 5. The van der Waals surface area contributed by atoms with E-state index >= 15 is 0 Å². The summed E-state index contributed by atoms with van der Waals surface area (Å²) >= 11 is 0. The van der Waals surface area contributed by atoms with Gasteiger partial charge in [0.2, 0.25) is 0 Å². The SMILES string of the molecule is CC(C)(C)OC(=O)c1c(CN)ccc(CCO)c1C(=O)OC(C)(C)C. The summed E-state index contributed by atoms with van der Waals surface area (Å²) in [6.45, 7) is 10.4. The molecule has 25 heavy (non-hydrogen) atoms. The molecule has 0 atom stereocenters. The van der Waals surface area contributed by atoms with Crippen molar-refractivity contribution in [2.75, 3.05) is 6.61 Å². The van der Waals surface area contributed by atoms with Gasteiger partial charge in [0.15, 0.2) is 0 Å². The van der Waals surface area contributed by atoms with Crippen LogP contribution in [0.2, 0.25) is 0 Å². The second kappa shape index (κ2) is 7.97. The smallest absolute Gasteiger partial charge is 0.339 e. The van der Waals surface area contributed by atoms with E-state index in [2.05, 4.69) is 0 Å². The van der Waals surface area contributed by atoms with E-state index in [9.17, 15) is 14.7 Å². The summed E-state index contributed by atoms with van der Waals surface area (Å²) in [7, 11) is 0. The lowest BCUT2D eigenvalue weighted by atomic mass is 9.93. The molecule has 1 aromatic rings. The predicted molar refractivity (Wildman–Crippen MR) is 95.5 cm³/mol. The Morgan fingerprint density at radius 3 is 1.68 bits per heavy atom. The molecule has 0 saturated carbocycles. The average Bonchev–Trinajstić information content (AvgIpc) is 2.43. The van der Waals surface area contributed by atoms with Crippen LogP contribution in [-0.4, -0.2) is 34.9 Å². The van der Waals surface area contributed by atoms with Gasteiger partial charge in [0.1, 0.15) is 11.2 Å². The molecular formula is C19H29NO5. The van der Waals surface area contributed by atoms with Crippen molar-refractivity contribution in [3.05, 3.63) is 34.4 Å². The van der Waals surface area contributed by atoms with E-state index in [1.165, 1.54) is 0 Å². The Kier molecular flexibility index (Phi) is 6.74. The van der Waals surface area contributed by atoms with Gasteiger partial charge in [0.05, 0.1) is 11.1 Å². The van der Waals surface area contributed by atoms with E-state index in [0.717, 1.165) is 0 Å². The molecule has 1 aromatic carbocycles. The van der Waals surface area contributed by atoms with Crippen LogP contribution < -0.4 is 5.73 Å². The zero-order valence-corrected chi connectivity index (χ0v) is 15.9. The highest BCUT2D eigenvalue weighted by molar-refractivity contribution is 6.05. The van der Waals surface area contributed by atoms with Crippen LogP contribution in [0.5, 0.6) is 0 Å². The summed E-state index contributed by atoms with van der Waals surface area (Å²) in [4.78, 5) is 25.5. The number of carbonyl (C=O) groups excluding carboxylic acids is 2. The van der Waals surface area contributed by atoms with Crippen LogP contribution in [0.4, 0.5) is 0 Å². The van der Waals surface area contributed by atoms with Crippen LogP contribution in [0.25, 0.3) is 0 Å². The molecule has 0 saturated heterocycles. The fraction of sp³-hybridized carbons (Fsp3) is 0.579. The molecule has 3 N–H and O–H groups in total. The standard InChI is InChI=1S/C19H29NO5/c1-18(2,3)24-16(22)14-12(9-10-21)7-8-13(11-20)15(14)17(23)25-19(4,5)6/h7-8,21H,9-11,20H2,1-6H3. The van der Waals surface area contributed by atoms with E-state index in [1.807, 2.05) is 0 Å². The lowest BCUT2D eigenvalue weighted by molar-refractivity contribution is 0.00164. The Morgan fingerprint density at radius 1 is 0.920 bits per heavy atom. The molecular weight excluding hydrogens is 322 g/mol. The van der Waals surface area contributed by atoms with Crippen molar-refractivity contribution in [2.24, 2.45) is 5.73 Å². The van der Waals surface area contributed by atoms with Crippen LogP contribution in [0, 0.1) is 0 Å². The van der Waals surface area contributed by atoms with Crippen LogP contribution in [0.15, 0.2) is 12.1 Å². The Balaban J connectivity index is 3.56. The largest absolute Gasteiger partial charge is 0.456 e. The Morgan fingerprint density at radius 2 is 1.32 bits per heavy atom. The highest BCUT2D eigenvalue weighted by Crippen LogP contribution is 2.26. The third kappa shape index (κ3) is 6.14. The van der Waals surface area contributed by atoms with Crippen LogP contribution in [0.1, 0.15) is 73.4 Å². The third-order valence-corrected chi connectivity index (χ3v) is 3.19. The second-order valence-corrected chi connectivity index (χ2v) is 7.82. The molecule has 0 spiro atoms. The molecule has 0 fully saturated rings. The number of carbonyl (C=O) groups is 2. The molecule has 6 heteroatoms. The summed E-state index contributed by atoms with van der Waals surface area (Å²) in [5, 5.41) is 9.31. The zero-order valence-electron chi connectivity index (χ0n) is 15.9. The second-order valence-electron chi connectivity index (χ2n) is 7.82. The maximum absolute atomic E-state index is 12.8. The summed E-state index contributed by atoms with van der Waals surface area (Å²) in [6, 6.07) is 3.36. The van der Waals surface area contributed by atoms with E-state index in [-0.39, 0.29) is 30.7 Å². The van der Waals surface area contributed by atoms with Gasteiger partial charge in [0.25, 0.3) is 0 Å². The maximum Gasteiger partial charge on any atom is 0.339 e. The summed E-state index contributed by atoms with van der Waals surface area (Å²) in [5.41, 5.74) is 5.56. The molecule has 0 aliphatic rings. The van der Waals surface area contributed by atoms with Crippen molar-refractivity contribution in [1.82, 2.24) is 0 Å². The van der Waals surface area contributed by atoms with E-state index in [0.29, 0.717) is 11.1 Å². The first kappa shape index (κ1) is 21.1. The van der Waals surface area contributed by atoms with Gasteiger partial charge in [-0.15, -0.1) is 0 Å². The summed E-state index contributed by atoms with van der Waals surface area (Å²) in [6.07, 6.45) is 0.217. The highest BCUT2D eigenvalue weighted by Gasteiger charge is 2.30. The maximum atomic E-state index is 12.8. The van der Waals surface area contributed by atoms with Gasteiger partial charge >= 0.3 is 11.9 Å². The topological polar surface area (TPSA) is 98.9 Å². The number of ether oxygens (including phenoxy) is 2. The van der Waals surface area contributed by atoms with Crippen molar-refractivity contribution >= 4 is 11.9 Å². The van der Waals surface area contributed by atoms with Gasteiger partial charge in [-0.25, -0.2) is 9.59 Å². The quantitative estimate of drug-likeness (QED) is 0.791. The number of nitrogens with two attached hydrogens (primary N) is 1. The molecule has 6 nitrogen and oxygen atoms in total. The molecule has 0 aliphatic carbocycles. The minimum atomic E-state index is -0.725. The van der Waals surface area contributed by atoms with Gasteiger partial charge in [-0.3, -0.25) is 0 Å². The number of esters is 2. The molecule has 0 amide bonds. The molecule has 0 unspecified atom stereocenters. The monoisotopic (exact) mass is 351 g/mol. The first-order chi connectivity index (χ1) is 11.4. The predicted octanol–water partition coefficient (Wildman–Crippen LogP) is 2.59. The normalized spacial score (nSPS) is 12.0. The molecule has 0 aromatic heterocycles. The number of hydrogen-bond donors (Lipinski definition) is 2. The minimum Gasteiger partial charge on any atom is -0.456 e. The third-order valence-electron chi connectivity index (χ3n) is 3.19. The first-order valence-electron chi connectivity index (χ1n) is 8.32. The van der Waals surface area contributed by atoms with Crippen molar-refractivity contribution in [2.45, 2.75) is 65.7 Å². The van der Waals surface area contributed by atoms with E-state index < -0.39 is 23.1 Å². The van der Waals surface area contributed by atoms with Crippen LogP contribution in [-0.2, 0) is 22.4 Å². The Hall–Kier alpha value is -1.92. The van der Waals surface area contributed by atoms with Crippen molar-refractivity contribution in [1.29, 1.82) is 0 Å². The number of aliphatic hydroxyl groups excluding tert-OH is 1. The zero-order chi connectivity index (χ0) is 19.4. The summed E-state index contributed by atoms with van der Waals surface area (Å²) < 4.78 is 10.9. The van der Waals surface area contributed by atoms with Crippen molar-refractivity contribution in [3.8, 4) is 0 Å². The molecule has 1 rings (SSSR count). The molecule has 0 bridgehead atoms. The number of aliphatic hydroxyl groups is 1. The van der Waals surface area contributed by atoms with Gasteiger partial charge < -0.3 is 20.3 Å². The Labute approximate surface area is 149 Å². The minimum absolute atomic E-state index is 0.0732. The summed E-state index contributed by atoms with van der Waals surface area (Å²) in [5.74, 6) is -1.26. The molecule has 0 heterocycles. The van der Waals surface area contributed by atoms with Gasteiger partial charge in [-0.1, -0.05) is 12.1 Å². The van der Waals surface area contributed by atoms with Gasteiger partial charge in [-0.05, 0) is 59.1 Å². The first-order valence-corrected chi connectivity index (χ1v) is 8.32. The van der Waals surface area contributed by atoms with Gasteiger partial charge in [-0.2, -0.15) is 0 Å². The van der Waals surface area contributed by atoms with Crippen LogP contribution >= 0.6 is 0 Å². The van der Waals surface area contributed by atoms with Crippen molar-refractivity contribution < 1.29 is 24.2 Å². The highest BCUT2D eigenvalue weighted by atomic mass is 16.6. The lowest BCUT2D eigenvalue weighted by Crippen LogP contribution is -2.30. The average molecular weight is 351 g/mol. The lowest BCUT2D eigenvalue weighted by Gasteiger charge is -2.25. The fourth-order valence-corrected chi connectivity index (χ4v) is 2.31. The van der Waals surface area contributed by atoms with Gasteiger partial charge in [0, 0.05) is 13.2 Å². The molecule has 0 radical (unpaired) electrons. The number of hydrogen-bond acceptors (Lipinski definition) is 6. The number of benzene rings is 1. The Bertz CT molecular complexity index is 638. The van der Waals surface area contributed by atoms with Crippen molar-refractivity contribution in [3.63, 3.8) is 0 Å². The van der Waals surface area contributed by atoms with Crippen LogP contribution in [0.3, 0.4) is 0 Å². The van der Waals surface area contributed by atoms with E-state index in [4.69, 9.17) is 15.2 Å². The molecule has 140 valence electrons.